The summed E-state index contributed by atoms with van der Waals surface area (Å²) in [5, 5.41) is 9.53. The number of aliphatic hydroxyl groups is 1. The topological polar surface area (TPSA) is 76.1 Å². The third kappa shape index (κ3) is 34.7. The predicted octanol–water partition coefficient (Wildman–Crippen LogP) is 11.9. The van der Waals surface area contributed by atoms with Gasteiger partial charge in [0, 0.05) is 19.4 Å². The van der Waals surface area contributed by atoms with Crippen molar-refractivity contribution in [2.24, 2.45) is 0 Å². The minimum Gasteiger partial charge on any atom is -0.466 e. The van der Waals surface area contributed by atoms with E-state index in [1.165, 1.54) is 109 Å². The molecule has 0 aliphatic carbocycles. The van der Waals surface area contributed by atoms with E-state index in [1.807, 2.05) is 0 Å². The first-order valence-corrected chi connectivity index (χ1v) is 21.3. The average molecular weight is 682 g/mol. The summed E-state index contributed by atoms with van der Waals surface area (Å²) in [5.74, 6) is -0.0327. The van der Waals surface area contributed by atoms with Gasteiger partial charge in [-0.1, -0.05) is 149 Å². The van der Waals surface area contributed by atoms with Gasteiger partial charge in [0.15, 0.2) is 0 Å². The van der Waals surface area contributed by atoms with E-state index in [2.05, 4.69) is 25.7 Å². The van der Waals surface area contributed by atoms with Gasteiger partial charge in [0.2, 0.25) is 0 Å². The highest BCUT2D eigenvalue weighted by molar-refractivity contribution is 5.69. The number of carbonyl (C=O) groups is 2. The highest BCUT2D eigenvalue weighted by Crippen LogP contribution is 2.18. The second kappa shape index (κ2) is 38.7. The van der Waals surface area contributed by atoms with E-state index in [0.29, 0.717) is 19.4 Å². The van der Waals surface area contributed by atoms with Crippen LogP contribution in [0.15, 0.2) is 0 Å². The molecule has 0 heterocycles. The van der Waals surface area contributed by atoms with Gasteiger partial charge in [-0.05, 0) is 70.9 Å². The fourth-order valence-corrected chi connectivity index (χ4v) is 6.52. The van der Waals surface area contributed by atoms with Gasteiger partial charge in [-0.25, -0.2) is 0 Å². The van der Waals surface area contributed by atoms with Crippen LogP contribution in [0, 0.1) is 0 Å². The van der Waals surface area contributed by atoms with Gasteiger partial charge in [0.25, 0.3) is 0 Å². The number of aliphatic hydroxyl groups excluding tert-OH is 1. The zero-order valence-corrected chi connectivity index (χ0v) is 32.6. The number of esters is 2. The van der Waals surface area contributed by atoms with Crippen LogP contribution >= 0.6 is 0 Å². The Balaban J connectivity index is 3.95. The van der Waals surface area contributed by atoms with Crippen molar-refractivity contribution in [2.45, 2.75) is 226 Å². The number of hydrogen-bond acceptors (Lipinski definition) is 6. The van der Waals surface area contributed by atoms with Crippen LogP contribution in [0.2, 0.25) is 0 Å². The van der Waals surface area contributed by atoms with Gasteiger partial charge in [-0.15, -0.1) is 0 Å². The lowest BCUT2D eigenvalue weighted by Gasteiger charge is -2.21. The first kappa shape index (κ1) is 46.9. The van der Waals surface area contributed by atoms with Gasteiger partial charge >= 0.3 is 11.9 Å². The lowest BCUT2D eigenvalue weighted by atomic mass is 10.0. The van der Waals surface area contributed by atoms with E-state index in [9.17, 15) is 14.7 Å². The minimum absolute atomic E-state index is 0.00170. The van der Waals surface area contributed by atoms with Crippen LogP contribution in [0.3, 0.4) is 0 Å². The summed E-state index contributed by atoms with van der Waals surface area (Å²) >= 11 is 0. The third-order valence-corrected chi connectivity index (χ3v) is 9.70. The summed E-state index contributed by atoms with van der Waals surface area (Å²) in [5.41, 5.74) is 0. The molecule has 0 radical (unpaired) electrons. The Morgan fingerprint density at radius 2 is 0.875 bits per heavy atom. The Morgan fingerprint density at radius 1 is 0.479 bits per heavy atom. The van der Waals surface area contributed by atoms with Crippen molar-refractivity contribution in [1.82, 2.24) is 4.90 Å². The largest absolute Gasteiger partial charge is 0.466 e. The van der Waals surface area contributed by atoms with Crippen molar-refractivity contribution in [2.75, 3.05) is 32.8 Å². The van der Waals surface area contributed by atoms with Crippen molar-refractivity contribution in [1.29, 1.82) is 0 Å². The first-order valence-electron chi connectivity index (χ1n) is 21.3. The highest BCUT2D eigenvalue weighted by atomic mass is 16.5. The number of ether oxygens (including phenoxy) is 2. The molecule has 0 aliphatic rings. The Hall–Kier alpha value is -1.14. The summed E-state index contributed by atoms with van der Waals surface area (Å²) in [4.78, 5) is 27.0. The molecule has 1 N–H and O–H groups in total. The van der Waals surface area contributed by atoms with Gasteiger partial charge in [-0.3, -0.25) is 9.59 Å². The Labute approximate surface area is 299 Å². The number of carbonyl (C=O) groups excluding carboxylic acids is 2. The lowest BCUT2D eigenvalue weighted by molar-refractivity contribution is -0.150. The number of unbranched alkanes of at least 4 members (excludes halogenated alkanes) is 22. The van der Waals surface area contributed by atoms with Crippen LogP contribution in [-0.2, 0) is 19.1 Å². The molecule has 0 aliphatic heterocycles. The van der Waals surface area contributed by atoms with Gasteiger partial charge < -0.3 is 19.5 Å². The van der Waals surface area contributed by atoms with Gasteiger partial charge in [0.1, 0.15) is 6.10 Å². The molecule has 0 saturated carbocycles. The highest BCUT2D eigenvalue weighted by Gasteiger charge is 2.14. The first-order chi connectivity index (χ1) is 23.6. The molecule has 48 heavy (non-hydrogen) atoms. The van der Waals surface area contributed by atoms with Gasteiger partial charge in [-0.2, -0.15) is 0 Å². The smallest absolute Gasteiger partial charge is 0.306 e. The van der Waals surface area contributed by atoms with E-state index in [4.69, 9.17) is 9.47 Å². The molecule has 0 aromatic rings. The molecule has 0 bridgehead atoms. The molecule has 1 unspecified atom stereocenters. The lowest BCUT2D eigenvalue weighted by Crippen LogP contribution is -2.29. The molecule has 6 heteroatoms. The molecule has 0 aromatic carbocycles. The standard InChI is InChI=1S/C42H83NO5/c1-4-7-10-13-15-23-30-39-47-41(45)33-26-19-16-21-28-35-43(37-38-44)36-29-22-20-27-34-42(46)48-40(31-24-17-12-9-6-3)32-25-18-14-11-8-5-2/h40,44H,4-39H2,1-3H3. The van der Waals surface area contributed by atoms with Crippen molar-refractivity contribution >= 4 is 11.9 Å². The molecular formula is C42H83NO5. The summed E-state index contributed by atoms with van der Waals surface area (Å²) in [6, 6.07) is 0. The molecule has 0 amide bonds. The molecule has 0 rings (SSSR count). The van der Waals surface area contributed by atoms with E-state index >= 15 is 0 Å². The maximum atomic E-state index is 12.7. The van der Waals surface area contributed by atoms with E-state index in [-0.39, 0.29) is 24.6 Å². The summed E-state index contributed by atoms with van der Waals surface area (Å²) in [6.07, 6.45) is 35.5. The SMILES string of the molecule is CCCCCCCCCOC(=O)CCCCCCCN(CCO)CCCCCCC(=O)OC(CCCCCCC)CCCCCCCC. The number of nitrogens with zero attached hydrogens (tertiary/aromatic N) is 1. The molecule has 0 aromatic heterocycles. The van der Waals surface area contributed by atoms with Crippen LogP contribution in [0.1, 0.15) is 220 Å². The van der Waals surface area contributed by atoms with Crippen LogP contribution in [0.5, 0.6) is 0 Å². The monoisotopic (exact) mass is 682 g/mol. The molecule has 0 spiro atoms. The predicted molar refractivity (Wildman–Crippen MR) is 205 cm³/mol. The maximum Gasteiger partial charge on any atom is 0.306 e. The normalized spacial score (nSPS) is 12.1. The van der Waals surface area contributed by atoms with Crippen molar-refractivity contribution in [3.63, 3.8) is 0 Å². The fraction of sp³-hybridized carbons (Fsp3) is 0.952. The van der Waals surface area contributed by atoms with Crippen LogP contribution in [0.25, 0.3) is 0 Å². The molecule has 1 atom stereocenters. The van der Waals surface area contributed by atoms with E-state index < -0.39 is 0 Å². The zero-order chi connectivity index (χ0) is 35.2. The van der Waals surface area contributed by atoms with Crippen LogP contribution in [-0.4, -0.2) is 60.9 Å². The Kier molecular flexibility index (Phi) is 37.7. The van der Waals surface area contributed by atoms with E-state index in [1.54, 1.807) is 0 Å². The van der Waals surface area contributed by atoms with E-state index in [0.717, 1.165) is 96.7 Å². The second-order valence-electron chi connectivity index (χ2n) is 14.5. The second-order valence-corrected chi connectivity index (χ2v) is 14.5. The number of rotatable bonds is 39. The van der Waals surface area contributed by atoms with Crippen LogP contribution < -0.4 is 0 Å². The van der Waals surface area contributed by atoms with Crippen molar-refractivity contribution < 1.29 is 24.2 Å². The zero-order valence-electron chi connectivity index (χ0n) is 32.6. The number of hydrogen-bond donors (Lipinski definition) is 1. The Bertz CT molecular complexity index is 672. The average Bonchev–Trinajstić information content (AvgIpc) is 3.08. The summed E-state index contributed by atoms with van der Waals surface area (Å²) in [7, 11) is 0. The third-order valence-electron chi connectivity index (χ3n) is 9.70. The van der Waals surface area contributed by atoms with Crippen molar-refractivity contribution in [3.05, 3.63) is 0 Å². The quantitative estimate of drug-likeness (QED) is 0.0514. The summed E-state index contributed by atoms with van der Waals surface area (Å²) < 4.78 is 11.4. The molecule has 0 fully saturated rings. The maximum absolute atomic E-state index is 12.7. The van der Waals surface area contributed by atoms with Crippen LogP contribution in [0.4, 0.5) is 0 Å². The Morgan fingerprint density at radius 3 is 1.35 bits per heavy atom. The van der Waals surface area contributed by atoms with Gasteiger partial charge in [0.05, 0.1) is 13.2 Å². The molecular weight excluding hydrogens is 598 g/mol. The summed E-state index contributed by atoms with van der Waals surface area (Å²) in [6.45, 7) is 10.3. The van der Waals surface area contributed by atoms with Crippen molar-refractivity contribution in [3.8, 4) is 0 Å². The molecule has 0 saturated heterocycles. The minimum atomic E-state index is -0.0344. The molecule has 6 nitrogen and oxygen atoms in total. The molecule has 286 valence electrons. The fourth-order valence-electron chi connectivity index (χ4n) is 6.52.